The summed E-state index contributed by atoms with van der Waals surface area (Å²) in [5.41, 5.74) is 4.19. The second-order valence-corrected chi connectivity index (χ2v) is 4.47. The standard InChI is InChI=1S/C15H20N2O/c1-5-11-8-16-13(9(11)3)7-14-12(6-2)10(4)15(18)17-14/h7-8,16H,5-6H2,1-4H3,(H,17,18)/b14-7-/i8D/hD2. The summed E-state index contributed by atoms with van der Waals surface area (Å²) in [6.45, 7) is 7.50. The van der Waals surface area contributed by atoms with Crippen LogP contribution < -0.4 is 5.31 Å². The lowest BCUT2D eigenvalue weighted by Gasteiger charge is -2.03. The van der Waals surface area contributed by atoms with Gasteiger partial charge in [-0.1, -0.05) is 13.8 Å². The first-order chi connectivity index (χ1) is 9.84. The van der Waals surface area contributed by atoms with Crippen molar-refractivity contribution in [2.75, 3.05) is 0 Å². The van der Waals surface area contributed by atoms with Crippen LogP contribution in [0.5, 0.6) is 0 Å². The molecule has 1 aromatic heterocycles. The maximum Gasteiger partial charge on any atom is 0.251 e. The second kappa shape index (κ2) is 4.84. The van der Waals surface area contributed by atoms with Crippen molar-refractivity contribution in [1.82, 2.24) is 10.3 Å². The monoisotopic (exact) mass is 247 g/mol. The molecule has 3 nitrogen and oxygen atoms in total. The Bertz CT molecular complexity index is 671. The number of hydrogen-bond donors (Lipinski definition) is 2. The minimum absolute atomic E-state index is 0.168. The van der Waals surface area contributed by atoms with Gasteiger partial charge in [0.25, 0.3) is 5.91 Å². The number of carbonyl (C=O) groups is 1. The third-order valence-corrected chi connectivity index (χ3v) is 3.43. The number of carbonyl (C=O) groups excluding carboxylic acids is 1. The molecule has 0 fully saturated rings. The van der Waals surface area contributed by atoms with Crippen LogP contribution in [0.15, 0.2) is 23.0 Å². The van der Waals surface area contributed by atoms with Crippen molar-refractivity contribution in [3.63, 3.8) is 0 Å². The highest BCUT2D eigenvalue weighted by molar-refractivity contribution is 6.00. The van der Waals surface area contributed by atoms with Gasteiger partial charge in [-0.2, -0.15) is 0 Å². The smallest absolute Gasteiger partial charge is 0.251 e. The lowest BCUT2D eigenvalue weighted by atomic mass is 10.1. The van der Waals surface area contributed by atoms with Crippen LogP contribution in [-0.2, 0) is 11.2 Å². The Balaban J connectivity index is 2.62. The number of nitrogens with one attached hydrogen (secondary N) is 2. The first-order valence-corrected chi connectivity index (χ1v) is 6.30. The van der Waals surface area contributed by atoms with Crippen LogP contribution in [0, 0.1) is 6.92 Å². The van der Waals surface area contributed by atoms with Gasteiger partial charge >= 0.3 is 0 Å². The molecule has 0 saturated carbocycles. The van der Waals surface area contributed by atoms with E-state index in [1.54, 1.807) is 13.0 Å². The van der Waals surface area contributed by atoms with E-state index >= 15 is 0 Å². The molecule has 0 unspecified atom stereocenters. The Labute approximate surface area is 112 Å². The minimum Gasteiger partial charge on any atom is -0.361 e. The van der Waals surface area contributed by atoms with Crippen molar-refractivity contribution >= 4 is 12.0 Å². The molecule has 1 aliphatic rings. The fraction of sp³-hybridized carbons (Fsp3) is 0.400. The van der Waals surface area contributed by atoms with Crippen molar-refractivity contribution in [3.05, 3.63) is 39.8 Å². The van der Waals surface area contributed by atoms with Gasteiger partial charge in [0.05, 0.1) is 1.37 Å². The molecule has 0 aliphatic carbocycles. The number of H-pyrrole nitrogens is 1. The molecule has 3 heteroatoms. The van der Waals surface area contributed by atoms with Gasteiger partial charge in [-0.25, -0.2) is 0 Å². The molecule has 2 rings (SSSR count). The Morgan fingerprint density at radius 3 is 2.67 bits per heavy atom. The zero-order chi connectivity index (χ0) is 15.9. The Kier molecular flexibility index (Phi) is 2.48. The van der Waals surface area contributed by atoms with Crippen molar-refractivity contribution in [2.45, 2.75) is 40.5 Å². The fourth-order valence-corrected chi connectivity index (χ4v) is 2.21. The fourth-order valence-electron chi connectivity index (χ4n) is 2.21. The summed E-state index contributed by atoms with van der Waals surface area (Å²) < 4.78 is 23.9. The summed E-state index contributed by atoms with van der Waals surface area (Å²) in [5, 5.41) is 0.885. The summed E-state index contributed by atoms with van der Waals surface area (Å²) in [6, 6.07) is 0. The number of aromatic nitrogens is 1. The van der Waals surface area contributed by atoms with Crippen molar-refractivity contribution in [2.24, 2.45) is 0 Å². The zero-order valence-electron chi connectivity index (χ0n) is 14.3. The minimum atomic E-state index is -0.319. The average Bonchev–Trinajstić information content (AvgIpc) is 2.79. The summed E-state index contributed by atoms with van der Waals surface area (Å²) in [6.07, 6.45) is 3.19. The van der Waals surface area contributed by atoms with Gasteiger partial charge in [-0.15, -0.1) is 0 Å². The average molecular weight is 247 g/mol. The maximum absolute atomic E-state index is 11.9. The van der Waals surface area contributed by atoms with Gasteiger partial charge in [-0.3, -0.25) is 4.79 Å². The summed E-state index contributed by atoms with van der Waals surface area (Å²) in [7, 11) is 0. The van der Waals surface area contributed by atoms with E-state index in [1.165, 1.54) is 0 Å². The number of allylic oxidation sites excluding steroid dienone is 1. The molecule has 0 saturated heterocycles. The van der Waals surface area contributed by atoms with Crippen LogP contribution in [0.3, 0.4) is 0 Å². The Morgan fingerprint density at radius 1 is 1.39 bits per heavy atom. The highest BCUT2D eigenvalue weighted by atomic mass is 16.1. The van der Waals surface area contributed by atoms with E-state index in [9.17, 15) is 4.79 Å². The summed E-state index contributed by atoms with van der Waals surface area (Å²) in [5.74, 6) is -0.319. The van der Waals surface area contributed by atoms with Crippen molar-refractivity contribution in [3.8, 4) is 0 Å². The van der Waals surface area contributed by atoms with Crippen molar-refractivity contribution in [1.29, 1.82) is 0 Å². The van der Waals surface area contributed by atoms with E-state index < -0.39 is 0 Å². The molecule has 2 N–H and O–H groups in total. The van der Waals surface area contributed by atoms with Gasteiger partial charge in [0, 0.05) is 23.1 Å². The van der Waals surface area contributed by atoms with E-state index in [2.05, 4.69) is 0 Å². The van der Waals surface area contributed by atoms with Crippen LogP contribution in [0.1, 0.15) is 45.4 Å². The highest BCUT2D eigenvalue weighted by Gasteiger charge is 2.22. The van der Waals surface area contributed by atoms with Gasteiger partial charge in [0.15, 0.2) is 2.82 Å². The van der Waals surface area contributed by atoms with Gasteiger partial charge in [0.2, 0.25) is 0 Å². The number of rotatable bonds is 3. The Morgan fingerprint density at radius 2 is 2.11 bits per heavy atom. The number of hydrogen-bond acceptors (Lipinski definition) is 1. The number of amides is 1. The van der Waals surface area contributed by atoms with Crippen molar-refractivity contribution < 1.29 is 8.99 Å². The molecule has 1 aromatic rings. The maximum atomic E-state index is 11.9. The van der Waals surface area contributed by atoms with E-state index in [0.717, 1.165) is 27.0 Å². The normalized spacial score (nSPS) is 20.7. The number of aromatic amines is 1. The van der Waals surface area contributed by atoms with Gasteiger partial charge < -0.3 is 10.3 Å². The molecule has 1 aliphatic heterocycles. The molecular formula is C15H20N2O. The highest BCUT2D eigenvalue weighted by Crippen LogP contribution is 2.26. The Hall–Kier alpha value is -1.77. The topological polar surface area (TPSA) is 44.9 Å². The molecular weight excluding hydrogens is 224 g/mol. The lowest BCUT2D eigenvalue weighted by molar-refractivity contribution is -0.116. The first-order valence-electron chi connectivity index (χ1n) is 7.69. The quantitative estimate of drug-likeness (QED) is 0.847. The molecule has 2 heterocycles. The third kappa shape index (κ3) is 2.01. The van der Waals surface area contributed by atoms with E-state index in [4.69, 9.17) is 4.19 Å². The summed E-state index contributed by atoms with van der Waals surface area (Å²) in [4.78, 5) is 13.0. The molecule has 0 atom stereocenters. The lowest BCUT2D eigenvalue weighted by Crippen LogP contribution is -2.15. The SMILES string of the molecule is [2H]c1c(CC)c(C)c(/C=C2/C(CC)=C(C)C(=O)N2[2H])n1[2H]. The molecule has 0 aromatic carbocycles. The first kappa shape index (κ1) is 9.20. The van der Waals surface area contributed by atoms with Crippen LogP contribution >= 0.6 is 0 Å². The zero-order valence-corrected chi connectivity index (χ0v) is 11.3. The van der Waals surface area contributed by atoms with E-state index in [1.807, 2.05) is 20.8 Å². The van der Waals surface area contributed by atoms with Crippen LogP contribution in [0.4, 0.5) is 0 Å². The molecule has 1 amide bonds. The molecule has 18 heavy (non-hydrogen) atoms. The summed E-state index contributed by atoms with van der Waals surface area (Å²) >= 11 is 0. The van der Waals surface area contributed by atoms with Gasteiger partial charge in [0.1, 0.15) is 0 Å². The largest absolute Gasteiger partial charge is 0.361 e. The molecule has 0 radical (unpaired) electrons. The van der Waals surface area contributed by atoms with E-state index in [-0.39, 0.29) is 12.1 Å². The third-order valence-electron chi connectivity index (χ3n) is 3.43. The predicted molar refractivity (Wildman–Crippen MR) is 74.0 cm³/mol. The van der Waals surface area contributed by atoms with Crippen LogP contribution in [0.2, 0.25) is 2.82 Å². The van der Waals surface area contributed by atoms with Crippen LogP contribution in [-0.4, -0.2) is 10.9 Å². The molecule has 0 bridgehead atoms. The van der Waals surface area contributed by atoms with Crippen LogP contribution in [0.25, 0.3) is 6.08 Å². The van der Waals surface area contributed by atoms with E-state index in [0.29, 0.717) is 29.8 Å². The van der Waals surface area contributed by atoms with Gasteiger partial charge in [-0.05, 0) is 49.5 Å². The second-order valence-electron chi connectivity index (χ2n) is 4.47. The molecule has 96 valence electrons. The molecule has 0 spiro atoms. The predicted octanol–water partition coefficient (Wildman–Crippen LogP) is 3.08.